The number of rotatable bonds is 5. The molecule has 2 aromatic carbocycles. The molecular weight excluding hydrogens is 300 g/mol. The highest BCUT2D eigenvalue weighted by molar-refractivity contribution is 5.90. The Balaban J connectivity index is 2.19. The third-order valence-electron chi connectivity index (χ3n) is 3.60. The largest absolute Gasteiger partial charge is 0.491 e. The van der Waals surface area contributed by atoms with Gasteiger partial charge in [0.2, 0.25) is 0 Å². The van der Waals surface area contributed by atoms with E-state index in [1.54, 1.807) is 6.07 Å². The number of carbonyl (C=O) groups excluding carboxylic acids is 1. The SMILES string of the molecule is CC(C)Oc1ccc(C(=O)OCc2ccccc2)cc1C(C)(C)C. The van der Waals surface area contributed by atoms with Gasteiger partial charge >= 0.3 is 5.97 Å². The second-order valence-corrected chi connectivity index (χ2v) is 7.19. The van der Waals surface area contributed by atoms with Gasteiger partial charge < -0.3 is 9.47 Å². The van der Waals surface area contributed by atoms with Gasteiger partial charge in [0.25, 0.3) is 0 Å². The molecule has 0 spiro atoms. The number of hydrogen-bond acceptors (Lipinski definition) is 3. The lowest BCUT2D eigenvalue weighted by atomic mass is 9.85. The lowest BCUT2D eigenvalue weighted by Crippen LogP contribution is -2.17. The van der Waals surface area contributed by atoms with Gasteiger partial charge in [-0.25, -0.2) is 4.79 Å². The van der Waals surface area contributed by atoms with Crippen molar-refractivity contribution >= 4 is 5.97 Å². The van der Waals surface area contributed by atoms with Crippen molar-refractivity contribution in [1.82, 2.24) is 0 Å². The maximum absolute atomic E-state index is 12.4. The zero-order valence-electron chi connectivity index (χ0n) is 15.1. The van der Waals surface area contributed by atoms with Crippen LogP contribution in [-0.2, 0) is 16.8 Å². The van der Waals surface area contributed by atoms with Gasteiger partial charge in [0.1, 0.15) is 12.4 Å². The van der Waals surface area contributed by atoms with Crippen LogP contribution < -0.4 is 4.74 Å². The van der Waals surface area contributed by atoms with Gasteiger partial charge in [-0.3, -0.25) is 0 Å². The van der Waals surface area contributed by atoms with Crippen LogP contribution in [-0.4, -0.2) is 12.1 Å². The summed E-state index contributed by atoms with van der Waals surface area (Å²) in [6.45, 7) is 10.6. The topological polar surface area (TPSA) is 35.5 Å². The van der Waals surface area contributed by atoms with Gasteiger partial charge in [0.05, 0.1) is 11.7 Å². The number of carbonyl (C=O) groups is 1. The molecule has 2 rings (SSSR count). The molecule has 0 heterocycles. The van der Waals surface area contributed by atoms with Crippen molar-refractivity contribution < 1.29 is 14.3 Å². The first-order valence-corrected chi connectivity index (χ1v) is 8.29. The normalized spacial score (nSPS) is 11.4. The Morgan fingerprint density at radius 2 is 1.71 bits per heavy atom. The minimum Gasteiger partial charge on any atom is -0.491 e. The van der Waals surface area contributed by atoms with Gasteiger partial charge in [0.15, 0.2) is 0 Å². The van der Waals surface area contributed by atoms with Gasteiger partial charge in [-0.15, -0.1) is 0 Å². The molecule has 0 atom stereocenters. The van der Waals surface area contributed by atoms with Crippen LogP contribution in [0.15, 0.2) is 48.5 Å². The summed E-state index contributed by atoms with van der Waals surface area (Å²) in [5.41, 5.74) is 2.40. The zero-order valence-corrected chi connectivity index (χ0v) is 15.1. The average molecular weight is 326 g/mol. The molecule has 0 amide bonds. The van der Waals surface area contributed by atoms with Crippen LogP contribution in [0.3, 0.4) is 0 Å². The molecule has 0 bridgehead atoms. The summed E-state index contributed by atoms with van der Waals surface area (Å²) in [6.07, 6.45) is 0.0852. The van der Waals surface area contributed by atoms with Crippen molar-refractivity contribution in [2.24, 2.45) is 0 Å². The highest BCUT2D eigenvalue weighted by atomic mass is 16.5. The maximum Gasteiger partial charge on any atom is 0.338 e. The molecule has 0 aliphatic heterocycles. The van der Waals surface area contributed by atoms with Crippen LogP contribution in [0.2, 0.25) is 0 Å². The van der Waals surface area contributed by atoms with Crippen molar-refractivity contribution in [2.45, 2.75) is 52.7 Å². The van der Waals surface area contributed by atoms with Gasteiger partial charge in [0, 0.05) is 5.56 Å². The highest BCUT2D eigenvalue weighted by Gasteiger charge is 2.22. The second-order valence-electron chi connectivity index (χ2n) is 7.19. The highest BCUT2D eigenvalue weighted by Crippen LogP contribution is 2.33. The summed E-state index contributed by atoms with van der Waals surface area (Å²) in [4.78, 5) is 12.4. The van der Waals surface area contributed by atoms with Gasteiger partial charge in [-0.1, -0.05) is 51.1 Å². The Morgan fingerprint density at radius 1 is 1.04 bits per heavy atom. The van der Waals surface area contributed by atoms with E-state index in [9.17, 15) is 4.79 Å². The fourth-order valence-electron chi connectivity index (χ4n) is 2.41. The molecule has 0 N–H and O–H groups in total. The monoisotopic (exact) mass is 326 g/mol. The van der Waals surface area contributed by atoms with Crippen molar-refractivity contribution in [2.75, 3.05) is 0 Å². The lowest BCUT2D eigenvalue weighted by molar-refractivity contribution is 0.0472. The van der Waals surface area contributed by atoms with E-state index in [0.717, 1.165) is 16.9 Å². The van der Waals surface area contributed by atoms with E-state index >= 15 is 0 Å². The molecule has 128 valence electrons. The first kappa shape index (κ1) is 18.1. The minimum atomic E-state index is -0.319. The van der Waals surface area contributed by atoms with Crippen LogP contribution in [0.25, 0.3) is 0 Å². The maximum atomic E-state index is 12.4. The third-order valence-corrected chi connectivity index (χ3v) is 3.60. The van der Waals surface area contributed by atoms with E-state index in [1.807, 2.05) is 56.3 Å². The number of hydrogen-bond donors (Lipinski definition) is 0. The standard InChI is InChI=1S/C21H26O3/c1-15(2)24-19-12-11-17(13-18(19)21(3,4)5)20(22)23-14-16-9-7-6-8-10-16/h6-13,15H,14H2,1-5H3. The smallest absolute Gasteiger partial charge is 0.338 e. The van der Waals surface area contributed by atoms with E-state index in [1.165, 1.54) is 0 Å². The lowest BCUT2D eigenvalue weighted by Gasteiger charge is -2.24. The van der Waals surface area contributed by atoms with Gasteiger partial charge in [-0.2, -0.15) is 0 Å². The summed E-state index contributed by atoms with van der Waals surface area (Å²) in [7, 11) is 0. The summed E-state index contributed by atoms with van der Waals surface area (Å²) >= 11 is 0. The van der Waals surface area contributed by atoms with Gasteiger partial charge in [-0.05, 0) is 43.0 Å². The molecule has 0 aliphatic rings. The molecule has 3 heteroatoms. The zero-order chi connectivity index (χ0) is 17.7. The van der Waals surface area contributed by atoms with Crippen molar-refractivity contribution in [3.63, 3.8) is 0 Å². The molecule has 24 heavy (non-hydrogen) atoms. The summed E-state index contributed by atoms with van der Waals surface area (Å²) in [5.74, 6) is 0.498. The van der Waals surface area contributed by atoms with Crippen LogP contribution in [0.4, 0.5) is 0 Å². The molecule has 0 aliphatic carbocycles. The molecule has 0 aromatic heterocycles. The average Bonchev–Trinajstić information content (AvgIpc) is 2.52. The minimum absolute atomic E-state index is 0.0852. The molecule has 0 saturated heterocycles. The first-order valence-electron chi connectivity index (χ1n) is 8.29. The molecular formula is C21H26O3. The molecule has 0 saturated carbocycles. The van der Waals surface area contributed by atoms with E-state index in [-0.39, 0.29) is 24.1 Å². The molecule has 0 radical (unpaired) electrons. The number of esters is 1. The van der Waals surface area contributed by atoms with Crippen LogP contribution in [0.5, 0.6) is 5.75 Å². The van der Waals surface area contributed by atoms with Crippen molar-refractivity contribution in [3.8, 4) is 5.75 Å². The van der Waals surface area contributed by atoms with Crippen LogP contribution in [0.1, 0.15) is 56.1 Å². The Kier molecular flexibility index (Phi) is 5.66. The van der Waals surface area contributed by atoms with Crippen molar-refractivity contribution in [1.29, 1.82) is 0 Å². The third kappa shape index (κ3) is 4.85. The summed E-state index contributed by atoms with van der Waals surface area (Å²) in [5, 5.41) is 0. The van der Waals surface area contributed by atoms with E-state index < -0.39 is 0 Å². The van der Waals surface area contributed by atoms with E-state index in [2.05, 4.69) is 20.8 Å². The predicted molar refractivity (Wildman–Crippen MR) is 96.5 cm³/mol. The Labute approximate surface area is 144 Å². The Bertz CT molecular complexity index is 682. The Hall–Kier alpha value is -2.29. The second kappa shape index (κ2) is 7.52. The first-order chi connectivity index (χ1) is 11.3. The fourth-order valence-corrected chi connectivity index (χ4v) is 2.41. The fraction of sp³-hybridized carbons (Fsp3) is 0.381. The van der Waals surface area contributed by atoms with Crippen LogP contribution in [0, 0.1) is 0 Å². The summed E-state index contributed by atoms with van der Waals surface area (Å²) in [6, 6.07) is 15.2. The number of ether oxygens (including phenoxy) is 2. The molecule has 0 unspecified atom stereocenters. The summed E-state index contributed by atoms with van der Waals surface area (Å²) < 4.78 is 11.3. The molecule has 3 nitrogen and oxygen atoms in total. The molecule has 0 fully saturated rings. The van der Waals surface area contributed by atoms with E-state index in [4.69, 9.17) is 9.47 Å². The van der Waals surface area contributed by atoms with Crippen LogP contribution >= 0.6 is 0 Å². The Morgan fingerprint density at radius 3 is 2.29 bits per heavy atom. The number of benzene rings is 2. The van der Waals surface area contributed by atoms with E-state index in [0.29, 0.717) is 5.56 Å². The predicted octanol–water partition coefficient (Wildman–Crippen LogP) is 5.13. The molecule has 2 aromatic rings. The quantitative estimate of drug-likeness (QED) is 0.715. The van der Waals surface area contributed by atoms with Crippen molar-refractivity contribution in [3.05, 3.63) is 65.2 Å².